The van der Waals surface area contributed by atoms with Gasteiger partial charge in [-0.05, 0) is 35.7 Å². The van der Waals surface area contributed by atoms with Crippen LogP contribution in [-0.2, 0) is 7.05 Å². The third kappa shape index (κ3) is 5.28. The summed E-state index contributed by atoms with van der Waals surface area (Å²) in [5, 5.41) is 11.8. The highest BCUT2D eigenvalue weighted by Gasteiger charge is 2.24. The molecule has 1 aliphatic heterocycles. The Labute approximate surface area is 215 Å². The Bertz CT molecular complexity index is 1360. The molecule has 0 bridgehead atoms. The largest absolute Gasteiger partial charge is 0.358 e. The zero-order chi connectivity index (χ0) is 25.8. The first-order valence-electron chi connectivity index (χ1n) is 12.4. The smallest absolute Gasteiger partial charge is 0.225 e. The first kappa shape index (κ1) is 24.4. The van der Waals surface area contributed by atoms with E-state index in [0.29, 0.717) is 5.95 Å². The number of piperazine rings is 1. The van der Waals surface area contributed by atoms with Gasteiger partial charge in [0.15, 0.2) is 5.84 Å². The van der Waals surface area contributed by atoms with Gasteiger partial charge in [0.2, 0.25) is 5.95 Å². The minimum atomic E-state index is -0.233. The number of H-pyrrole nitrogens is 1. The Morgan fingerprint density at radius 1 is 1.08 bits per heavy atom. The maximum absolute atomic E-state index is 13.3. The van der Waals surface area contributed by atoms with E-state index < -0.39 is 0 Å². The number of amidine groups is 1. The van der Waals surface area contributed by atoms with Crippen LogP contribution >= 0.6 is 0 Å². The summed E-state index contributed by atoms with van der Waals surface area (Å²) in [6.45, 7) is 5.04. The summed E-state index contributed by atoms with van der Waals surface area (Å²) in [7, 11) is 1.89. The van der Waals surface area contributed by atoms with E-state index >= 15 is 0 Å². The van der Waals surface area contributed by atoms with Crippen molar-refractivity contribution in [1.29, 1.82) is 5.41 Å². The van der Waals surface area contributed by atoms with Gasteiger partial charge in [-0.15, -0.1) is 0 Å². The van der Waals surface area contributed by atoms with Crippen molar-refractivity contribution in [3.8, 4) is 11.1 Å². The van der Waals surface area contributed by atoms with Gasteiger partial charge in [-0.1, -0.05) is 19.1 Å². The number of rotatable bonds is 7. The molecule has 4 heterocycles. The van der Waals surface area contributed by atoms with Crippen LogP contribution in [0.5, 0.6) is 0 Å². The second-order valence-corrected chi connectivity index (χ2v) is 9.09. The molecule has 1 aliphatic rings. The van der Waals surface area contributed by atoms with Gasteiger partial charge in [0.25, 0.3) is 0 Å². The number of hydrogen-bond donors (Lipinski definition) is 2. The number of hydrogen-bond acceptors (Lipinski definition) is 5. The Kier molecular flexibility index (Phi) is 7.07. The lowest BCUT2D eigenvalue weighted by atomic mass is 9.91. The van der Waals surface area contributed by atoms with Gasteiger partial charge in [0.1, 0.15) is 12.2 Å². The summed E-state index contributed by atoms with van der Waals surface area (Å²) in [5.41, 5.74) is 4.99. The maximum Gasteiger partial charge on any atom is 0.225 e. The number of aromatic amines is 1. The highest BCUT2D eigenvalue weighted by atomic mass is 19.1. The molecule has 0 aliphatic carbocycles. The van der Waals surface area contributed by atoms with Crippen LogP contribution in [0.2, 0.25) is 0 Å². The molecule has 10 heteroatoms. The van der Waals surface area contributed by atoms with Crippen molar-refractivity contribution in [2.45, 2.75) is 19.3 Å². The quantitative estimate of drug-likeness (QED) is 0.295. The monoisotopic (exact) mass is 499 g/mol. The van der Waals surface area contributed by atoms with Crippen molar-refractivity contribution in [3.63, 3.8) is 0 Å². The standard InChI is InChI=1S/C27H30FN9/c1-3-24(19-4-6-23(28)7-5-19)21-14-31-27(32-15-21)37-10-8-36(9-11-37)26(33-18-29)25-12-20(13-30-25)22-16-34-35(2)17-22/h4-7,12-18,24,29-30H,3,8-11H2,1-2H3/b29-18?,33-26+/t24-/m0/s1. The van der Waals surface area contributed by atoms with Crippen LogP contribution in [0.25, 0.3) is 11.1 Å². The lowest BCUT2D eigenvalue weighted by Gasteiger charge is -2.36. The number of benzene rings is 1. The fraction of sp³-hybridized carbons (Fsp3) is 0.296. The van der Waals surface area contributed by atoms with Crippen molar-refractivity contribution >= 4 is 18.1 Å². The van der Waals surface area contributed by atoms with Crippen LogP contribution in [0.3, 0.4) is 0 Å². The van der Waals surface area contributed by atoms with Crippen LogP contribution in [-0.4, -0.2) is 68.0 Å². The molecule has 0 saturated carbocycles. The minimum absolute atomic E-state index is 0.128. The number of nitrogens with one attached hydrogen (secondary N) is 2. The van der Waals surface area contributed by atoms with Crippen LogP contribution in [0.15, 0.2) is 66.3 Å². The van der Waals surface area contributed by atoms with Crippen LogP contribution in [0.1, 0.15) is 36.1 Å². The molecule has 190 valence electrons. The SMILES string of the molecule is CC[C@@H](c1ccc(F)cc1)c1cnc(N2CCN(/C(=N/C=N)c3cc(-c4cnn(C)c4)c[nH]3)CC2)nc1. The second kappa shape index (κ2) is 10.7. The molecule has 37 heavy (non-hydrogen) atoms. The van der Waals surface area contributed by atoms with E-state index in [9.17, 15) is 4.39 Å². The van der Waals surface area contributed by atoms with Gasteiger partial charge in [-0.25, -0.2) is 19.4 Å². The molecular weight excluding hydrogens is 469 g/mol. The van der Waals surface area contributed by atoms with E-state index in [4.69, 9.17) is 5.41 Å². The zero-order valence-corrected chi connectivity index (χ0v) is 21.0. The van der Waals surface area contributed by atoms with Crippen molar-refractivity contribution in [2.75, 3.05) is 31.1 Å². The summed E-state index contributed by atoms with van der Waals surface area (Å²) >= 11 is 0. The maximum atomic E-state index is 13.3. The molecule has 0 unspecified atom stereocenters. The Balaban J connectivity index is 1.25. The van der Waals surface area contributed by atoms with Crippen molar-refractivity contribution in [2.24, 2.45) is 12.0 Å². The highest BCUT2D eigenvalue weighted by Crippen LogP contribution is 2.28. The number of anilines is 1. The van der Waals surface area contributed by atoms with Gasteiger partial charge in [-0.2, -0.15) is 5.10 Å². The number of aryl methyl sites for hydroxylation is 1. The predicted octanol–water partition coefficient (Wildman–Crippen LogP) is 4.06. The third-order valence-corrected chi connectivity index (χ3v) is 6.75. The molecule has 1 aromatic carbocycles. The van der Waals surface area contributed by atoms with Gasteiger partial charge < -0.3 is 14.8 Å². The minimum Gasteiger partial charge on any atom is -0.358 e. The molecule has 4 aromatic rings. The fourth-order valence-electron chi connectivity index (χ4n) is 4.79. The molecule has 1 fully saturated rings. The second-order valence-electron chi connectivity index (χ2n) is 9.09. The molecule has 5 rings (SSSR count). The third-order valence-electron chi connectivity index (χ3n) is 6.75. The lowest BCUT2D eigenvalue weighted by molar-refractivity contribution is 0.383. The van der Waals surface area contributed by atoms with Gasteiger partial charge in [0.05, 0.1) is 11.9 Å². The molecule has 0 spiro atoms. The number of nitrogens with zero attached hydrogens (tertiary/aromatic N) is 7. The zero-order valence-electron chi connectivity index (χ0n) is 21.0. The van der Waals surface area contributed by atoms with Gasteiger partial charge >= 0.3 is 0 Å². The van der Waals surface area contributed by atoms with Crippen molar-refractivity contribution in [3.05, 3.63) is 84.0 Å². The van der Waals surface area contributed by atoms with E-state index in [2.05, 4.69) is 41.8 Å². The molecular formula is C27H30FN9. The first-order chi connectivity index (χ1) is 18.1. The molecule has 1 atom stereocenters. The Morgan fingerprint density at radius 2 is 1.81 bits per heavy atom. The van der Waals surface area contributed by atoms with Crippen LogP contribution in [0.4, 0.5) is 10.3 Å². The summed E-state index contributed by atoms with van der Waals surface area (Å²) in [5.74, 6) is 1.33. The summed E-state index contributed by atoms with van der Waals surface area (Å²) in [4.78, 5) is 21.3. The van der Waals surface area contributed by atoms with Gasteiger partial charge in [0, 0.05) is 75.1 Å². The van der Waals surface area contributed by atoms with E-state index in [-0.39, 0.29) is 11.7 Å². The molecule has 2 N–H and O–H groups in total. The van der Waals surface area contributed by atoms with Crippen molar-refractivity contribution in [1.82, 2.24) is 29.6 Å². The molecule has 1 saturated heterocycles. The average molecular weight is 500 g/mol. The normalized spacial score (nSPS) is 15.2. The van der Waals surface area contributed by atoms with Crippen molar-refractivity contribution < 1.29 is 4.39 Å². The number of aliphatic imine (C=N–C) groups is 1. The fourth-order valence-corrected chi connectivity index (χ4v) is 4.79. The Hall–Kier alpha value is -4.34. The molecule has 3 aromatic heterocycles. The van der Waals surface area contributed by atoms with Crippen LogP contribution < -0.4 is 4.90 Å². The molecule has 9 nitrogen and oxygen atoms in total. The topological polar surface area (TPSA) is 102 Å². The highest BCUT2D eigenvalue weighted by molar-refractivity contribution is 6.01. The molecule has 0 radical (unpaired) electrons. The lowest BCUT2D eigenvalue weighted by Crippen LogP contribution is -2.49. The molecule has 0 amide bonds. The number of halogens is 1. The Morgan fingerprint density at radius 3 is 2.43 bits per heavy atom. The van der Waals surface area contributed by atoms with E-state index in [0.717, 1.165) is 72.7 Å². The van der Waals surface area contributed by atoms with E-state index in [1.54, 1.807) is 4.68 Å². The first-order valence-corrected chi connectivity index (χ1v) is 12.4. The summed E-state index contributed by atoms with van der Waals surface area (Å²) < 4.78 is 15.1. The number of aromatic nitrogens is 5. The summed E-state index contributed by atoms with van der Waals surface area (Å²) in [6.07, 6.45) is 11.5. The average Bonchev–Trinajstić information content (AvgIpc) is 3.59. The van der Waals surface area contributed by atoms with Crippen LogP contribution in [0, 0.1) is 11.2 Å². The predicted molar refractivity (Wildman–Crippen MR) is 143 cm³/mol. The van der Waals surface area contributed by atoms with E-state index in [1.807, 2.05) is 56.2 Å². The van der Waals surface area contributed by atoms with Gasteiger partial charge in [-0.3, -0.25) is 10.1 Å². The summed E-state index contributed by atoms with van der Waals surface area (Å²) in [6, 6.07) is 8.69. The van der Waals surface area contributed by atoms with E-state index in [1.165, 1.54) is 12.1 Å².